The van der Waals surface area contributed by atoms with E-state index in [0.29, 0.717) is 13.1 Å². The maximum atomic E-state index is 13.0. The Hall–Kier alpha value is -1.89. The summed E-state index contributed by atoms with van der Waals surface area (Å²) in [6.07, 6.45) is 3.22. The second kappa shape index (κ2) is 4.90. The van der Waals surface area contributed by atoms with Crippen molar-refractivity contribution in [3.05, 3.63) is 35.6 Å². The fraction of sp³-hybridized carbons (Fsp3) is 0.500. The number of hydrogen-bond acceptors (Lipinski definition) is 2. The number of rotatable bonds is 2. The molecule has 2 fully saturated rings. The van der Waals surface area contributed by atoms with Crippen molar-refractivity contribution in [2.24, 2.45) is 5.92 Å². The predicted molar refractivity (Wildman–Crippen MR) is 72.2 cm³/mol. The van der Waals surface area contributed by atoms with Gasteiger partial charge in [0, 0.05) is 19.0 Å². The van der Waals surface area contributed by atoms with Gasteiger partial charge in [0.2, 0.25) is 5.91 Å². The Morgan fingerprint density at radius 1 is 1.25 bits per heavy atom. The van der Waals surface area contributed by atoms with E-state index in [1.165, 1.54) is 12.1 Å². The maximum Gasteiger partial charge on any atom is 0.233 e. The molecule has 0 aromatic heterocycles. The van der Waals surface area contributed by atoms with Gasteiger partial charge in [-0.15, -0.1) is 0 Å². The summed E-state index contributed by atoms with van der Waals surface area (Å²) >= 11 is 0. The molecule has 104 valence electrons. The molecule has 1 aromatic rings. The first kappa shape index (κ1) is 13.1. The van der Waals surface area contributed by atoms with Gasteiger partial charge in [-0.2, -0.15) is 5.26 Å². The van der Waals surface area contributed by atoms with E-state index >= 15 is 0 Å². The van der Waals surface area contributed by atoms with E-state index in [4.69, 9.17) is 5.26 Å². The van der Waals surface area contributed by atoms with Crippen LogP contribution >= 0.6 is 0 Å². The fourth-order valence-corrected chi connectivity index (χ4v) is 3.03. The molecule has 1 heterocycles. The topological polar surface area (TPSA) is 44.1 Å². The van der Waals surface area contributed by atoms with Crippen LogP contribution in [0, 0.1) is 23.1 Å². The monoisotopic (exact) mass is 272 g/mol. The quantitative estimate of drug-likeness (QED) is 0.830. The number of benzene rings is 1. The van der Waals surface area contributed by atoms with E-state index in [1.807, 2.05) is 4.90 Å². The van der Waals surface area contributed by atoms with Crippen LogP contribution in [0.25, 0.3) is 0 Å². The normalized spacial score (nSPS) is 21.3. The zero-order valence-corrected chi connectivity index (χ0v) is 11.3. The third-order valence-electron chi connectivity index (χ3n) is 4.52. The Morgan fingerprint density at radius 2 is 1.85 bits per heavy atom. The molecule has 3 nitrogen and oxygen atoms in total. The van der Waals surface area contributed by atoms with E-state index in [1.54, 1.807) is 12.1 Å². The van der Waals surface area contributed by atoms with Crippen molar-refractivity contribution in [3.63, 3.8) is 0 Å². The standard InChI is InChI=1S/C16H17FN2O/c17-14-3-1-13(2-4-14)16(7-8-16)15(20)19-9-5-12(11-18)6-10-19/h1-4,12H,5-10H2. The SMILES string of the molecule is N#CC1CCN(C(=O)C2(c3ccc(F)cc3)CC2)CC1. The van der Waals surface area contributed by atoms with E-state index < -0.39 is 5.41 Å². The van der Waals surface area contributed by atoms with Crippen molar-refractivity contribution in [1.82, 2.24) is 4.90 Å². The molecule has 2 aliphatic rings. The minimum Gasteiger partial charge on any atom is -0.342 e. The minimum absolute atomic E-state index is 0.0834. The number of carbonyl (C=O) groups is 1. The first-order valence-corrected chi connectivity index (χ1v) is 7.11. The summed E-state index contributed by atoms with van der Waals surface area (Å²) in [4.78, 5) is 14.6. The highest BCUT2D eigenvalue weighted by Gasteiger charge is 2.53. The first-order chi connectivity index (χ1) is 9.65. The average Bonchev–Trinajstić information content (AvgIpc) is 3.29. The van der Waals surface area contributed by atoms with Crippen LogP contribution < -0.4 is 0 Å². The molecule has 1 aliphatic carbocycles. The summed E-state index contributed by atoms with van der Waals surface area (Å²) in [7, 11) is 0. The molecule has 20 heavy (non-hydrogen) atoms. The fourth-order valence-electron chi connectivity index (χ4n) is 3.03. The highest BCUT2D eigenvalue weighted by Crippen LogP contribution is 2.50. The molecule has 4 heteroatoms. The Bertz CT molecular complexity index is 549. The van der Waals surface area contributed by atoms with E-state index in [2.05, 4.69) is 6.07 Å². The minimum atomic E-state index is -0.423. The van der Waals surface area contributed by atoms with Gasteiger partial charge in [0.1, 0.15) is 5.82 Å². The van der Waals surface area contributed by atoms with Crippen LogP contribution in [0.5, 0.6) is 0 Å². The summed E-state index contributed by atoms with van der Waals surface area (Å²) in [6, 6.07) is 8.57. The van der Waals surface area contributed by atoms with Gasteiger partial charge in [-0.25, -0.2) is 4.39 Å². The van der Waals surface area contributed by atoms with Crippen LogP contribution in [0.15, 0.2) is 24.3 Å². The molecule has 1 saturated heterocycles. The van der Waals surface area contributed by atoms with E-state index in [9.17, 15) is 9.18 Å². The molecule has 1 aromatic carbocycles. The number of piperidine rings is 1. The molecule has 1 aliphatic heterocycles. The number of carbonyl (C=O) groups excluding carboxylic acids is 1. The lowest BCUT2D eigenvalue weighted by atomic mass is 9.92. The lowest BCUT2D eigenvalue weighted by Crippen LogP contribution is -2.43. The van der Waals surface area contributed by atoms with Crippen LogP contribution in [0.1, 0.15) is 31.2 Å². The van der Waals surface area contributed by atoms with Gasteiger partial charge >= 0.3 is 0 Å². The summed E-state index contributed by atoms with van der Waals surface area (Å²) in [5, 5.41) is 8.90. The van der Waals surface area contributed by atoms with Crippen LogP contribution in [-0.4, -0.2) is 23.9 Å². The first-order valence-electron chi connectivity index (χ1n) is 7.11. The van der Waals surface area contributed by atoms with Crippen LogP contribution in [0.4, 0.5) is 4.39 Å². The molecule has 0 N–H and O–H groups in total. The van der Waals surface area contributed by atoms with Gasteiger partial charge in [0.15, 0.2) is 0 Å². The van der Waals surface area contributed by atoms with Crippen LogP contribution in [-0.2, 0) is 10.2 Å². The number of halogens is 1. The number of amides is 1. The molecule has 3 rings (SSSR count). The maximum absolute atomic E-state index is 13.0. The third-order valence-corrected chi connectivity index (χ3v) is 4.52. The molecule has 1 saturated carbocycles. The summed E-state index contributed by atoms with van der Waals surface area (Å²) in [5.74, 6) is -0.0349. The summed E-state index contributed by atoms with van der Waals surface area (Å²) in [5.41, 5.74) is 0.499. The lowest BCUT2D eigenvalue weighted by molar-refractivity contribution is -0.135. The van der Waals surface area contributed by atoms with E-state index in [0.717, 1.165) is 31.2 Å². The zero-order valence-electron chi connectivity index (χ0n) is 11.3. The molecular weight excluding hydrogens is 255 g/mol. The molecule has 0 bridgehead atoms. The summed E-state index contributed by atoms with van der Waals surface area (Å²) in [6.45, 7) is 1.33. The predicted octanol–water partition coefficient (Wildman–Crippen LogP) is 2.62. The highest BCUT2D eigenvalue weighted by atomic mass is 19.1. The second-order valence-electron chi connectivity index (χ2n) is 5.78. The molecular formula is C16H17FN2O. The van der Waals surface area contributed by atoms with Gasteiger partial charge in [-0.05, 0) is 43.4 Å². The van der Waals surface area contributed by atoms with Crippen molar-refractivity contribution in [2.75, 3.05) is 13.1 Å². The molecule has 1 amide bonds. The Balaban J connectivity index is 1.74. The molecule has 0 radical (unpaired) electrons. The Kier molecular flexibility index (Phi) is 3.21. The van der Waals surface area contributed by atoms with Gasteiger partial charge < -0.3 is 4.90 Å². The number of nitriles is 1. The highest BCUT2D eigenvalue weighted by molar-refractivity contribution is 5.91. The van der Waals surface area contributed by atoms with Crippen molar-refractivity contribution < 1.29 is 9.18 Å². The Morgan fingerprint density at radius 3 is 2.35 bits per heavy atom. The van der Waals surface area contributed by atoms with Crippen LogP contribution in [0.3, 0.4) is 0 Å². The van der Waals surface area contributed by atoms with Gasteiger partial charge in [0.05, 0.1) is 11.5 Å². The molecule has 0 atom stereocenters. The largest absolute Gasteiger partial charge is 0.342 e. The lowest BCUT2D eigenvalue weighted by Gasteiger charge is -2.32. The van der Waals surface area contributed by atoms with E-state index in [-0.39, 0.29) is 17.6 Å². The van der Waals surface area contributed by atoms with Gasteiger partial charge in [-0.3, -0.25) is 4.79 Å². The number of nitrogens with zero attached hydrogens (tertiary/aromatic N) is 2. The van der Waals surface area contributed by atoms with Crippen molar-refractivity contribution in [2.45, 2.75) is 31.1 Å². The van der Waals surface area contributed by atoms with Crippen LogP contribution in [0.2, 0.25) is 0 Å². The zero-order chi connectivity index (χ0) is 14.2. The van der Waals surface area contributed by atoms with Crippen molar-refractivity contribution in [1.29, 1.82) is 5.26 Å². The summed E-state index contributed by atoms with van der Waals surface area (Å²) < 4.78 is 13.0. The number of hydrogen-bond donors (Lipinski definition) is 0. The average molecular weight is 272 g/mol. The molecule has 0 unspecified atom stereocenters. The second-order valence-corrected chi connectivity index (χ2v) is 5.78. The Labute approximate surface area is 118 Å². The number of likely N-dealkylation sites (tertiary alicyclic amines) is 1. The smallest absolute Gasteiger partial charge is 0.233 e. The molecule has 0 spiro atoms. The van der Waals surface area contributed by atoms with Crippen molar-refractivity contribution >= 4 is 5.91 Å². The third kappa shape index (κ3) is 2.18. The van der Waals surface area contributed by atoms with Crippen molar-refractivity contribution in [3.8, 4) is 6.07 Å². The van der Waals surface area contributed by atoms with Gasteiger partial charge in [0.25, 0.3) is 0 Å². The van der Waals surface area contributed by atoms with Gasteiger partial charge in [-0.1, -0.05) is 12.1 Å².